The van der Waals surface area contributed by atoms with Crippen LogP contribution in [0.1, 0.15) is 54.3 Å². The van der Waals surface area contributed by atoms with Gasteiger partial charge in [-0.2, -0.15) is 13.2 Å². The third kappa shape index (κ3) is 3.41. The number of hydrogen-bond donors (Lipinski definition) is 1. The van der Waals surface area contributed by atoms with E-state index in [4.69, 9.17) is 0 Å². The average Bonchev–Trinajstić information content (AvgIpc) is 3.05. The van der Waals surface area contributed by atoms with Crippen LogP contribution < -0.4 is 5.32 Å². The highest BCUT2D eigenvalue weighted by molar-refractivity contribution is 5.80. The standard InChI is InChI=1S/C24H25F3N2O/c25-24(26,27)19-4-1-15(2-5-19)17-3-6-20-18-9-12-29(22(14-18)21(20)13-17)23(30)16-7-10-28-11-8-16/h1-6,13,16,18,22,28H,7-12,14H2/t18-,22+/m1/s1. The second-order valence-electron chi connectivity index (χ2n) is 8.71. The molecule has 2 heterocycles. The summed E-state index contributed by atoms with van der Waals surface area (Å²) in [7, 11) is 0. The van der Waals surface area contributed by atoms with E-state index in [1.54, 1.807) is 0 Å². The fourth-order valence-electron chi connectivity index (χ4n) is 5.38. The molecule has 3 nitrogen and oxygen atoms in total. The zero-order valence-electron chi connectivity index (χ0n) is 16.7. The van der Waals surface area contributed by atoms with E-state index in [1.807, 2.05) is 6.07 Å². The largest absolute Gasteiger partial charge is 0.416 e. The Labute approximate surface area is 174 Å². The molecule has 30 heavy (non-hydrogen) atoms. The van der Waals surface area contributed by atoms with Crippen molar-refractivity contribution in [1.82, 2.24) is 10.2 Å². The molecule has 0 saturated carbocycles. The number of amides is 1. The summed E-state index contributed by atoms with van der Waals surface area (Å²) in [5.41, 5.74) is 3.52. The van der Waals surface area contributed by atoms with E-state index in [-0.39, 0.29) is 17.9 Å². The molecule has 158 valence electrons. The van der Waals surface area contributed by atoms with E-state index < -0.39 is 11.7 Å². The highest BCUT2D eigenvalue weighted by atomic mass is 19.4. The van der Waals surface area contributed by atoms with E-state index in [0.717, 1.165) is 68.6 Å². The van der Waals surface area contributed by atoms with Gasteiger partial charge < -0.3 is 10.2 Å². The van der Waals surface area contributed by atoms with Crippen molar-refractivity contribution in [2.45, 2.75) is 43.8 Å². The first-order valence-electron chi connectivity index (χ1n) is 10.7. The molecule has 1 amide bonds. The molecule has 3 aliphatic rings. The van der Waals surface area contributed by atoms with Crippen LogP contribution >= 0.6 is 0 Å². The molecular formula is C24H25F3N2O. The summed E-state index contributed by atoms with van der Waals surface area (Å²) in [5.74, 6) is 0.849. The number of rotatable bonds is 2. The van der Waals surface area contributed by atoms with Crippen molar-refractivity contribution in [3.63, 3.8) is 0 Å². The SMILES string of the molecule is O=C(C1CCNCC1)N1CC[C@@H]2C[C@H]1c1cc(-c3ccc(C(F)(F)F)cc3)ccc12. The van der Waals surface area contributed by atoms with Gasteiger partial charge >= 0.3 is 6.18 Å². The monoisotopic (exact) mass is 414 g/mol. The van der Waals surface area contributed by atoms with Gasteiger partial charge in [-0.25, -0.2) is 0 Å². The fourth-order valence-corrected chi connectivity index (χ4v) is 5.38. The molecule has 0 unspecified atom stereocenters. The summed E-state index contributed by atoms with van der Waals surface area (Å²) < 4.78 is 38.6. The van der Waals surface area contributed by atoms with Crippen LogP contribution in [0.3, 0.4) is 0 Å². The van der Waals surface area contributed by atoms with Crippen LogP contribution in [-0.4, -0.2) is 30.4 Å². The lowest BCUT2D eigenvalue weighted by Gasteiger charge is -2.37. The quantitative estimate of drug-likeness (QED) is 0.739. The Kier molecular flexibility index (Phi) is 4.85. The van der Waals surface area contributed by atoms with Gasteiger partial charge in [-0.15, -0.1) is 0 Å². The van der Waals surface area contributed by atoms with Crippen molar-refractivity contribution in [3.8, 4) is 11.1 Å². The highest BCUT2D eigenvalue weighted by Crippen LogP contribution is 2.50. The Morgan fingerprint density at radius 2 is 1.63 bits per heavy atom. The number of fused-ring (bicyclic) bond motifs is 5. The Morgan fingerprint density at radius 3 is 2.33 bits per heavy atom. The minimum absolute atomic E-state index is 0.0931. The van der Waals surface area contributed by atoms with E-state index in [1.165, 1.54) is 23.3 Å². The van der Waals surface area contributed by atoms with Crippen molar-refractivity contribution in [2.24, 2.45) is 5.92 Å². The Morgan fingerprint density at radius 1 is 0.933 bits per heavy atom. The molecule has 0 spiro atoms. The zero-order chi connectivity index (χ0) is 20.9. The Bertz CT molecular complexity index is 948. The maximum atomic E-state index is 13.2. The molecule has 1 N–H and O–H groups in total. The van der Waals surface area contributed by atoms with Crippen molar-refractivity contribution in [1.29, 1.82) is 0 Å². The number of benzene rings is 2. The zero-order valence-corrected chi connectivity index (χ0v) is 16.7. The first-order valence-corrected chi connectivity index (χ1v) is 10.7. The van der Waals surface area contributed by atoms with Gasteiger partial charge in [0.1, 0.15) is 0 Å². The van der Waals surface area contributed by atoms with Crippen LogP contribution in [0, 0.1) is 5.92 Å². The second kappa shape index (κ2) is 7.41. The molecule has 0 radical (unpaired) electrons. The molecule has 2 aliphatic heterocycles. The number of piperidine rings is 2. The fraction of sp³-hybridized carbons (Fsp3) is 0.458. The van der Waals surface area contributed by atoms with Crippen LogP contribution in [0.4, 0.5) is 13.2 Å². The number of nitrogens with zero attached hydrogens (tertiary/aromatic N) is 1. The number of carbonyl (C=O) groups is 1. The number of carbonyl (C=O) groups excluding carboxylic acids is 1. The van der Waals surface area contributed by atoms with Crippen LogP contribution in [0.2, 0.25) is 0 Å². The lowest BCUT2D eigenvalue weighted by Crippen LogP contribution is -2.44. The topological polar surface area (TPSA) is 32.3 Å². The molecule has 2 aromatic carbocycles. The summed E-state index contributed by atoms with van der Waals surface area (Å²) in [6, 6.07) is 11.6. The van der Waals surface area contributed by atoms with E-state index in [0.29, 0.717) is 5.92 Å². The molecule has 2 atom stereocenters. The summed E-state index contributed by atoms with van der Waals surface area (Å²) in [4.78, 5) is 15.3. The third-order valence-corrected chi connectivity index (χ3v) is 7.01. The van der Waals surface area contributed by atoms with E-state index in [2.05, 4.69) is 22.3 Å². The molecule has 2 bridgehead atoms. The van der Waals surface area contributed by atoms with E-state index >= 15 is 0 Å². The number of halogens is 3. The van der Waals surface area contributed by atoms with Gasteiger partial charge in [-0.1, -0.05) is 24.3 Å². The molecule has 1 aliphatic carbocycles. The smallest absolute Gasteiger partial charge is 0.335 e. The minimum Gasteiger partial charge on any atom is -0.335 e. The average molecular weight is 414 g/mol. The van der Waals surface area contributed by atoms with Gasteiger partial charge in [0.25, 0.3) is 0 Å². The number of alkyl halides is 3. The summed E-state index contributed by atoms with van der Waals surface area (Å²) in [6.45, 7) is 2.58. The lowest BCUT2D eigenvalue weighted by atomic mass is 9.92. The van der Waals surface area contributed by atoms with Crippen LogP contribution in [-0.2, 0) is 11.0 Å². The summed E-state index contributed by atoms with van der Waals surface area (Å²) >= 11 is 0. The van der Waals surface area contributed by atoms with Crippen LogP contribution in [0.15, 0.2) is 42.5 Å². The summed E-state index contributed by atoms with van der Waals surface area (Å²) in [6.07, 6.45) is -0.598. The first kappa shape index (κ1) is 19.6. The van der Waals surface area contributed by atoms with Gasteiger partial charge in [0, 0.05) is 12.5 Å². The van der Waals surface area contributed by atoms with Gasteiger partial charge in [0.05, 0.1) is 11.6 Å². The van der Waals surface area contributed by atoms with Crippen molar-refractivity contribution >= 4 is 5.91 Å². The van der Waals surface area contributed by atoms with Crippen LogP contribution in [0.5, 0.6) is 0 Å². The normalized spacial score (nSPS) is 24.0. The Hall–Kier alpha value is -2.34. The van der Waals surface area contributed by atoms with Crippen molar-refractivity contribution in [2.75, 3.05) is 19.6 Å². The summed E-state index contributed by atoms with van der Waals surface area (Å²) in [5, 5.41) is 3.32. The van der Waals surface area contributed by atoms with Crippen molar-refractivity contribution < 1.29 is 18.0 Å². The molecule has 2 saturated heterocycles. The van der Waals surface area contributed by atoms with E-state index in [9.17, 15) is 18.0 Å². The number of nitrogens with one attached hydrogen (secondary N) is 1. The van der Waals surface area contributed by atoms with Crippen LogP contribution in [0.25, 0.3) is 11.1 Å². The third-order valence-electron chi connectivity index (χ3n) is 7.01. The maximum Gasteiger partial charge on any atom is 0.416 e. The molecule has 0 aromatic heterocycles. The second-order valence-corrected chi connectivity index (χ2v) is 8.71. The lowest BCUT2D eigenvalue weighted by molar-refractivity contribution is -0.140. The molecule has 2 fully saturated rings. The number of hydrogen-bond acceptors (Lipinski definition) is 2. The first-order chi connectivity index (χ1) is 14.4. The minimum atomic E-state index is -4.33. The van der Waals surface area contributed by atoms with Gasteiger partial charge in [0.15, 0.2) is 0 Å². The van der Waals surface area contributed by atoms with Gasteiger partial charge in [-0.05, 0) is 85.1 Å². The van der Waals surface area contributed by atoms with Gasteiger partial charge in [-0.3, -0.25) is 4.79 Å². The number of likely N-dealkylation sites (tertiary alicyclic amines) is 1. The maximum absolute atomic E-state index is 13.2. The predicted octanol–water partition coefficient (Wildman–Crippen LogP) is 5.13. The highest BCUT2D eigenvalue weighted by Gasteiger charge is 2.42. The molecule has 2 aromatic rings. The van der Waals surface area contributed by atoms with Gasteiger partial charge in [0.2, 0.25) is 5.91 Å². The molecular weight excluding hydrogens is 389 g/mol. The Balaban J connectivity index is 1.43. The molecule has 6 heteroatoms. The van der Waals surface area contributed by atoms with Crippen molar-refractivity contribution in [3.05, 3.63) is 59.2 Å². The predicted molar refractivity (Wildman–Crippen MR) is 109 cm³/mol. The molecule has 5 rings (SSSR count).